The van der Waals surface area contributed by atoms with E-state index >= 15 is 0 Å². The Balaban J connectivity index is 1.46. The van der Waals surface area contributed by atoms with Crippen molar-refractivity contribution in [3.05, 3.63) is 48.2 Å². The van der Waals surface area contributed by atoms with Crippen molar-refractivity contribution >= 4 is 16.9 Å². The third-order valence-corrected chi connectivity index (χ3v) is 5.14. The average Bonchev–Trinajstić information content (AvgIpc) is 2.94. The van der Waals surface area contributed by atoms with Gasteiger partial charge in [-0.2, -0.15) is 0 Å². The Hall–Kier alpha value is -2.47. The highest BCUT2D eigenvalue weighted by atomic mass is 15.2. The van der Waals surface area contributed by atoms with Crippen LogP contribution in [0.15, 0.2) is 36.7 Å². The monoisotopic (exact) mass is 336 g/mol. The molecule has 0 radical (unpaired) electrons. The van der Waals surface area contributed by atoms with E-state index in [1.165, 1.54) is 18.4 Å². The van der Waals surface area contributed by atoms with Gasteiger partial charge < -0.3 is 10.3 Å². The Labute approximate surface area is 147 Å². The molecule has 1 saturated heterocycles. The Kier molecular flexibility index (Phi) is 4.36. The molecular formula is C19H24N6. The number of likely N-dealkylation sites (tertiary alicyclic amines) is 1. The van der Waals surface area contributed by atoms with Gasteiger partial charge >= 0.3 is 0 Å². The van der Waals surface area contributed by atoms with Gasteiger partial charge in [0.25, 0.3) is 0 Å². The van der Waals surface area contributed by atoms with Crippen molar-refractivity contribution in [1.29, 1.82) is 0 Å². The molecule has 1 aliphatic heterocycles. The molecule has 0 bridgehead atoms. The zero-order chi connectivity index (χ0) is 17.2. The lowest BCUT2D eigenvalue weighted by Crippen LogP contribution is -2.36. The fraction of sp³-hybridized carbons (Fsp3) is 0.421. The largest absolute Gasteiger partial charge is 0.382 e. The first-order valence-electron chi connectivity index (χ1n) is 8.89. The molecule has 1 aliphatic rings. The maximum absolute atomic E-state index is 5.96. The van der Waals surface area contributed by atoms with Crippen molar-refractivity contribution < 1.29 is 0 Å². The van der Waals surface area contributed by atoms with Gasteiger partial charge in [0.05, 0.1) is 23.3 Å². The summed E-state index contributed by atoms with van der Waals surface area (Å²) in [4.78, 5) is 15.9. The summed E-state index contributed by atoms with van der Waals surface area (Å²) < 4.78 is 2.21. The zero-order valence-corrected chi connectivity index (χ0v) is 14.6. The van der Waals surface area contributed by atoms with Crippen LogP contribution in [0.1, 0.15) is 24.4 Å². The second-order valence-electron chi connectivity index (χ2n) is 6.91. The minimum Gasteiger partial charge on any atom is -0.382 e. The standard InChI is InChI=1S/C19H24N6/c1-24-17-7-3-2-6-15(17)23-18(24)13-25-10-4-5-14(12-25)11-16-19(20)22-9-8-21-16/h2-3,6-9,14H,4-5,10-13H2,1H3,(H2,20,22)/t14-/m0/s1. The molecule has 6 nitrogen and oxygen atoms in total. The number of nitrogens with two attached hydrogens (primary N) is 1. The molecule has 2 aromatic heterocycles. The van der Waals surface area contributed by atoms with Crippen molar-refractivity contribution in [3.63, 3.8) is 0 Å². The van der Waals surface area contributed by atoms with Crippen LogP contribution in [0.3, 0.4) is 0 Å². The van der Waals surface area contributed by atoms with E-state index in [4.69, 9.17) is 10.7 Å². The van der Waals surface area contributed by atoms with Crippen LogP contribution in [-0.4, -0.2) is 37.5 Å². The quantitative estimate of drug-likeness (QED) is 0.792. The van der Waals surface area contributed by atoms with Gasteiger partial charge in [-0.25, -0.2) is 9.97 Å². The Morgan fingerprint density at radius 1 is 1.20 bits per heavy atom. The molecule has 0 amide bonds. The van der Waals surface area contributed by atoms with Gasteiger partial charge in [-0.1, -0.05) is 12.1 Å². The van der Waals surface area contributed by atoms with Crippen LogP contribution in [0.4, 0.5) is 5.82 Å². The van der Waals surface area contributed by atoms with E-state index in [1.807, 2.05) is 6.07 Å². The molecule has 25 heavy (non-hydrogen) atoms. The van der Waals surface area contributed by atoms with Gasteiger partial charge in [0.1, 0.15) is 11.6 Å². The maximum Gasteiger partial charge on any atom is 0.145 e. The number of aryl methyl sites for hydroxylation is 1. The predicted octanol–water partition coefficient (Wildman–Crippen LogP) is 2.40. The Bertz CT molecular complexity index is 871. The van der Waals surface area contributed by atoms with Crippen LogP contribution >= 0.6 is 0 Å². The summed E-state index contributed by atoms with van der Waals surface area (Å²) in [7, 11) is 2.10. The van der Waals surface area contributed by atoms with E-state index in [0.29, 0.717) is 11.7 Å². The van der Waals surface area contributed by atoms with E-state index in [0.717, 1.165) is 43.1 Å². The summed E-state index contributed by atoms with van der Waals surface area (Å²) in [5, 5.41) is 0. The SMILES string of the molecule is Cn1c(CN2CCC[C@@H](Cc3nccnc3N)C2)nc2ccccc21. The topological polar surface area (TPSA) is 72.9 Å². The Morgan fingerprint density at radius 3 is 2.88 bits per heavy atom. The van der Waals surface area contributed by atoms with Crippen LogP contribution in [0.5, 0.6) is 0 Å². The number of para-hydroxylation sites is 2. The lowest BCUT2D eigenvalue weighted by Gasteiger charge is -2.32. The van der Waals surface area contributed by atoms with Crippen molar-refractivity contribution in [2.45, 2.75) is 25.8 Å². The fourth-order valence-electron chi connectivity index (χ4n) is 3.81. The van der Waals surface area contributed by atoms with Crippen molar-refractivity contribution in [2.75, 3.05) is 18.8 Å². The van der Waals surface area contributed by atoms with Gasteiger partial charge in [-0.3, -0.25) is 9.88 Å². The molecule has 1 atom stereocenters. The smallest absolute Gasteiger partial charge is 0.145 e. The molecule has 130 valence electrons. The minimum atomic E-state index is 0.565. The maximum atomic E-state index is 5.96. The number of hydrogen-bond donors (Lipinski definition) is 1. The van der Waals surface area contributed by atoms with E-state index in [2.05, 4.69) is 44.7 Å². The molecule has 3 aromatic rings. The summed E-state index contributed by atoms with van der Waals surface area (Å²) in [6, 6.07) is 8.31. The highest BCUT2D eigenvalue weighted by Crippen LogP contribution is 2.23. The average molecular weight is 336 g/mol. The normalized spacial score (nSPS) is 18.7. The van der Waals surface area contributed by atoms with Crippen LogP contribution in [0.2, 0.25) is 0 Å². The molecule has 0 aliphatic carbocycles. The number of nitrogens with zero attached hydrogens (tertiary/aromatic N) is 5. The zero-order valence-electron chi connectivity index (χ0n) is 14.6. The van der Waals surface area contributed by atoms with Crippen molar-refractivity contribution in [2.24, 2.45) is 13.0 Å². The van der Waals surface area contributed by atoms with Crippen molar-refractivity contribution in [3.8, 4) is 0 Å². The molecular weight excluding hydrogens is 312 g/mol. The van der Waals surface area contributed by atoms with E-state index < -0.39 is 0 Å². The number of piperidine rings is 1. The number of rotatable bonds is 4. The number of fused-ring (bicyclic) bond motifs is 1. The number of aromatic nitrogens is 4. The molecule has 0 unspecified atom stereocenters. The Morgan fingerprint density at radius 2 is 2.04 bits per heavy atom. The van der Waals surface area contributed by atoms with Gasteiger partial charge in [0, 0.05) is 26.0 Å². The summed E-state index contributed by atoms with van der Waals surface area (Å²) in [5.74, 6) is 2.26. The van der Waals surface area contributed by atoms with Gasteiger partial charge in [-0.15, -0.1) is 0 Å². The number of benzene rings is 1. The van der Waals surface area contributed by atoms with E-state index in [1.54, 1.807) is 12.4 Å². The first-order valence-corrected chi connectivity index (χ1v) is 8.89. The summed E-state index contributed by atoms with van der Waals surface area (Å²) in [6.07, 6.45) is 6.70. The first kappa shape index (κ1) is 16.0. The highest BCUT2D eigenvalue weighted by Gasteiger charge is 2.23. The minimum absolute atomic E-state index is 0.565. The molecule has 3 heterocycles. The van der Waals surface area contributed by atoms with E-state index in [-0.39, 0.29) is 0 Å². The molecule has 6 heteroatoms. The van der Waals surface area contributed by atoms with Crippen LogP contribution in [-0.2, 0) is 20.0 Å². The molecule has 2 N–H and O–H groups in total. The lowest BCUT2D eigenvalue weighted by molar-refractivity contribution is 0.162. The second-order valence-corrected chi connectivity index (χ2v) is 6.91. The molecule has 1 fully saturated rings. The molecule has 1 aromatic carbocycles. The first-order chi connectivity index (χ1) is 12.2. The highest BCUT2D eigenvalue weighted by molar-refractivity contribution is 5.75. The third-order valence-electron chi connectivity index (χ3n) is 5.14. The number of hydrogen-bond acceptors (Lipinski definition) is 5. The number of nitrogen functional groups attached to an aromatic ring is 1. The molecule has 0 saturated carbocycles. The fourth-order valence-corrected chi connectivity index (χ4v) is 3.81. The summed E-state index contributed by atoms with van der Waals surface area (Å²) in [6.45, 7) is 3.06. The molecule has 0 spiro atoms. The van der Waals surface area contributed by atoms with Gasteiger partial charge in [0.15, 0.2) is 0 Å². The van der Waals surface area contributed by atoms with Crippen LogP contribution < -0.4 is 5.73 Å². The van der Waals surface area contributed by atoms with Gasteiger partial charge in [-0.05, 0) is 43.9 Å². The van der Waals surface area contributed by atoms with Crippen molar-refractivity contribution in [1.82, 2.24) is 24.4 Å². The van der Waals surface area contributed by atoms with Crippen LogP contribution in [0.25, 0.3) is 11.0 Å². The summed E-state index contributed by atoms with van der Waals surface area (Å²) >= 11 is 0. The molecule has 4 rings (SSSR count). The lowest BCUT2D eigenvalue weighted by atomic mass is 9.93. The van der Waals surface area contributed by atoms with E-state index in [9.17, 15) is 0 Å². The second kappa shape index (κ2) is 6.80. The summed E-state index contributed by atoms with van der Waals surface area (Å²) in [5.41, 5.74) is 9.15. The predicted molar refractivity (Wildman–Crippen MR) is 98.9 cm³/mol. The third kappa shape index (κ3) is 3.35. The van der Waals surface area contributed by atoms with Crippen LogP contribution in [0, 0.1) is 5.92 Å². The number of anilines is 1. The van der Waals surface area contributed by atoms with Gasteiger partial charge in [0.2, 0.25) is 0 Å². The number of imidazole rings is 1.